The first-order valence-corrected chi connectivity index (χ1v) is 8.14. The van der Waals surface area contributed by atoms with Crippen molar-refractivity contribution in [3.63, 3.8) is 0 Å². The fourth-order valence-corrected chi connectivity index (χ4v) is 3.18. The number of thioether (sulfide) groups is 1. The van der Waals surface area contributed by atoms with E-state index in [1.165, 1.54) is 4.90 Å². The maximum atomic E-state index is 6.40. The molecule has 0 radical (unpaired) electrons. The molecule has 0 aromatic heterocycles. The fraction of sp³-hybridized carbons (Fsp3) is 0.250. The molecule has 1 aliphatic heterocycles. The normalized spacial score (nSPS) is 14.8. The molecule has 0 saturated heterocycles. The van der Waals surface area contributed by atoms with E-state index in [1.54, 1.807) is 11.8 Å². The Morgan fingerprint density at radius 1 is 1.25 bits per heavy atom. The van der Waals surface area contributed by atoms with Gasteiger partial charge in [0.25, 0.3) is 0 Å². The average Bonchev–Trinajstić information content (AvgIpc) is 2.94. The summed E-state index contributed by atoms with van der Waals surface area (Å²) in [4.78, 5) is 1.23. The molecule has 1 aliphatic rings. The second-order valence-electron chi connectivity index (χ2n) is 4.83. The molecule has 3 rings (SSSR count). The molecule has 0 bridgehead atoms. The Kier molecular flexibility index (Phi) is 3.92. The highest BCUT2D eigenvalue weighted by molar-refractivity contribution is 7.98. The first kappa shape index (κ1) is 13.8. The Morgan fingerprint density at radius 2 is 2.00 bits per heavy atom. The van der Waals surface area contributed by atoms with Gasteiger partial charge in [-0.05, 0) is 41.6 Å². The second kappa shape index (κ2) is 5.68. The van der Waals surface area contributed by atoms with Crippen LogP contribution in [-0.4, -0.2) is 12.9 Å². The summed E-state index contributed by atoms with van der Waals surface area (Å²) in [7, 11) is 0. The van der Waals surface area contributed by atoms with Crippen LogP contribution in [0.4, 0.5) is 0 Å². The molecule has 2 aromatic rings. The lowest BCUT2D eigenvalue weighted by molar-refractivity contribution is 0.352. The van der Waals surface area contributed by atoms with Crippen LogP contribution in [0.3, 0.4) is 0 Å². The number of hydrogen-bond donors (Lipinski definition) is 1. The van der Waals surface area contributed by atoms with Crippen molar-refractivity contribution >= 4 is 23.4 Å². The van der Waals surface area contributed by atoms with Crippen molar-refractivity contribution in [2.75, 3.05) is 12.9 Å². The minimum atomic E-state index is -0.212. The number of halogens is 1. The molecule has 0 aliphatic carbocycles. The van der Waals surface area contributed by atoms with Crippen LogP contribution >= 0.6 is 23.4 Å². The molecule has 1 unspecified atom stereocenters. The van der Waals surface area contributed by atoms with Crippen molar-refractivity contribution in [2.45, 2.75) is 17.4 Å². The predicted octanol–water partition coefficient (Wildman–Crippen LogP) is 4.04. The molecule has 2 N–H and O–H groups in total. The minimum Gasteiger partial charge on any atom is -0.493 e. The van der Waals surface area contributed by atoms with Crippen molar-refractivity contribution in [3.8, 4) is 5.75 Å². The van der Waals surface area contributed by atoms with E-state index >= 15 is 0 Å². The summed E-state index contributed by atoms with van der Waals surface area (Å²) in [5, 5.41) is 0.723. The lowest BCUT2D eigenvalue weighted by atomic mass is 9.96. The summed E-state index contributed by atoms with van der Waals surface area (Å²) >= 11 is 7.91. The zero-order chi connectivity index (χ0) is 14.1. The number of nitrogens with two attached hydrogens (primary N) is 1. The third-order valence-electron chi connectivity index (χ3n) is 3.59. The maximum Gasteiger partial charge on any atom is 0.127 e. The Bertz CT molecular complexity index is 627. The molecule has 0 fully saturated rings. The number of rotatable bonds is 3. The molecule has 1 atom stereocenters. The summed E-state index contributed by atoms with van der Waals surface area (Å²) in [6, 6.07) is 12.0. The molecule has 4 heteroatoms. The third-order valence-corrected chi connectivity index (χ3v) is 4.55. The van der Waals surface area contributed by atoms with Gasteiger partial charge in [-0.2, -0.15) is 0 Å². The molecule has 20 heavy (non-hydrogen) atoms. The fourth-order valence-electron chi connectivity index (χ4n) is 2.52. The van der Waals surface area contributed by atoms with Crippen molar-refractivity contribution in [2.24, 2.45) is 5.73 Å². The van der Waals surface area contributed by atoms with Gasteiger partial charge >= 0.3 is 0 Å². The zero-order valence-electron chi connectivity index (χ0n) is 11.2. The van der Waals surface area contributed by atoms with E-state index in [0.29, 0.717) is 6.61 Å². The molecule has 2 aromatic carbocycles. The van der Waals surface area contributed by atoms with Crippen LogP contribution in [0, 0.1) is 0 Å². The van der Waals surface area contributed by atoms with Crippen LogP contribution in [0.5, 0.6) is 5.75 Å². The topological polar surface area (TPSA) is 35.2 Å². The van der Waals surface area contributed by atoms with Crippen LogP contribution in [0.2, 0.25) is 5.02 Å². The van der Waals surface area contributed by atoms with Crippen LogP contribution in [0.1, 0.15) is 22.7 Å². The van der Waals surface area contributed by atoms with Gasteiger partial charge in [-0.3, -0.25) is 0 Å². The Hall–Kier alpha value is -1.16. The van der Waals surface area contributed by atoms with E-state index in [-0.39, 0.29) is 6.04 Å². The Balaban J connectivity index is 1.99. The Morgan fingerprint density at radius 3 is 2.70 bits per heavy atom. The van der Waals surface area contributed by atoms with Crippen LogP contribution in [-0.2, 0) is 6.42 Å². The molecule has 1 heterocycles. The lowest BCUT2D eigenvalue weighted by Crippen LogP contribution is -2.13. The smallest absolute Gasteiger partial charge is 0.127 e. The van der Waals surface area contributed by atoms with E-state index in [0.717, 1.165) is 33.9 Å². The van der Waals surface area contributed by atoms with Crippen molar-refractivity contribution < 1.29 is 4.74 Å². The van der Waals surface area contributed by atoms with Crippen molar-refractivity contribution in [1.82, 2.24) is 0 Å². The highest BCUT2D eigenvalue weighted by Gasteiger charge is 2.22. The summed E-state index contributed by atoms with van der Waals surface area (Å²) in [5.41, 5.74) is 9.61. The molecule has 104 valence electrons. The first-order valence-electron chi connectivity index (χ1n) is 6.53. The number of ether oxygens (including phenoxy) is 1. The number of hydrogen-bond acceptors (Lipinski definition) is 3. The molecule has 2 nitrogen and oxygen atoms in total. The zero-order valence-corrected chi connectivity index (χ0v) is 12.8. The highest BCUT2D eigenvalue weighted by atomic mass is 35.5. The largest absolute Gasteiger partial charge is 0.493 e. The van der Waals surface area contributed by atoms with Gasteiger partial charge in [-0.15, -0.1) is 11.8 Å². The Labute approximate surface area is 128 Å². The molecule has 0 saturated carbocycles. The summed E-state index contributed by atoms with van der Waals surface area (Å²) in [6.07, 6.45) is 2.97. The van der Waals surface area contributed by atoms with E-state index in [9.17, 15) is 0 Å². The summed E-state index contributed by atoms with van der Waals surface area (Å²) in [6.45, 7) is 0.709. The van der Waals surface area contributed by atoms with E-state index in [1.807, 2.05) is 12.1 Å². The molecule has 0 spiro atoms. The second-order valence-corrected chi connectivity index (χ2v) is 6.15. The minimum absolute atomic E-state index is 0.212. The predicted molar refractivity (Wildman–Crippen MR) is 84.9 cm³/mol. The van der Waals surface area contributed by atoms with E-state index < -0.39 is 0 Å². The van der Waals surface area contributed by atoms with Crippen molar-refractivity contribution in [3.05, 3.63) is 58.1 Å². The lowest BCUT2D eigenvalue weighted by Gasteiger charge is -2.17. The van der Waals surface area contributed by atoms with Gasteiger partial charge in [-0.1, -0.05) is 23.7 Å². The van der Waals surface area contributed by atoms with Gasteiger partial charge in [0.15, 0.2) is 0 Å². The van der Waals surface area contributed by atoms with Crippen LogP contribution in [0.25, 0.3) is 0 Å². The summed E-state index contributed by atoms with van der Waals surface area (Å²) < 4.78 is 5.73. The monoisotopic (exact) mass is 305 g/mol. The molecular formula is C16H16ClNOS. The highest BCUT2D eigenvalue weighted by Crippen LogP contribution is 2.37. The first-order chi connectivity index (χ1) is 9.69. The van der Waals surface area contributed by atoms with Gasteiger partial charge in [-0.25, -0.2) is 0 Å². The average molecular weight is 306 g/mol. The third kappa shape index (κ3) is 2.53. The van der Waals surface area contributed by atoms with Crippen LogP contribution < -0.4 is 10.5 Å². The number of fused-ring (bicyclic) bond motifs is 1. The van der Waals surface area contributed by atoms with E-state index in [4.69, 9.17) is 22.1 Å². The number of benzene rings is 2. The van der Waals surface area contributed by atoms with Gasteiger partial charge < -0.3 is 10.5 Å². The molecule has 0 amide bonds. The molecular weight excluding hydrogens is 290 g/mol. The summed E-state index contributed by atoms with van der Waals surface area (Å²) in [5.74, 6) is 0.913. The SMILES string of the molecule is CSc1ccc(C(N)c2cc(Cl)cc3c2OCC3)cc1. The van der Waals surface area contributed by atoms with Gasteiger partial charge in [0.05, 0.1) is 12.6 Å². The van der Waals surface area contributed by atoms with Crippen molar-refractivity contribution in [1.29, 1.82) is 0 Å². The quantitative estimate of drug-likeness (QED) is 0.869. The standard InChI is InChI=1S/C16H16ClNOS/c1-20-13-4-2-10(3-5-13)15(18)14-9-12(17)8-11-6-7-19-16(11)14/h2-5,8-9,15H,6-7,18H2,1H3. The maximum absolute atomic E-state index is 6.40. The van der Waals surface area contributed by atoms with Gasteiger partial charge in [0, 0.05) is 21.9 Å². The van der Waals surface area contributed by atoms with Crippen LogP contribution in [0.15, 0.2) is 41.3 Å². The van der Waals surface area contributed by atoms with E-state index in [2.05, 4.69) is 30.5 Å². The van der Waals surface area contributed by atoms with Gasteiger partial charge in [0.2, 0.25) is 0 Å². The van der Waals surface area contributed by atoms with Gasteiger partial charge in [0.1, 0.15) is 5.75 Å².